The highest BCUT2D eigenvalue weighted by molar-refractivity contribution is 5.34. The van der Waals surface area contributed by atoms with Crippen LogP contribution in [0.1, 0.15) is 48.9 Å². The van der Waals surface area contributed by atoms with Crippen molar-refractivity contribution in [2.75, 3.05) is 52.4 Å². The van der Waals surface area contributed by atoms with Gasteiger partial charge in [0.2, 0.25) is 0 Å². The number of nitrogens with zero attached hydrogens (tertiary/aromatic N) is 3. The minimum absolute atomic E-state index is 0.165. The third-order valence-corrected chi connectivity index (χ3v) is 6.81. The number of halogens is 1. The first-order valence-electron chi connectivity index (χ1n) is 11.8. The maximum atomic E-state index is 13.6. The van der Waals surface area contributed by atoms with Crippen LogP contribution in [-0.2, 0) is 6.42 Å². The molecule has 1 atom stereocenters. The second kappa shape index (κ2) is 10.5. The molecule has 2 aliphatic heterocycles. The molecule has 4 rings (SSSR count). The lowest BCUT2D eigenvalue weighted by molar-refractivity contribution is 0.106. The molecule has 2 aromatic rings. The minimum atomic E-state index is -0.165. The van der Waals surface area contributed by atoms with Crippen molar-refractivity contribution in [3.8, 4) is 0 Å². The zero-order chi connectivity index (χ0) is 20.8. The van der Waals surface area contributed by atoms with Crippen LogP contribution in [0.4, 0.5) is 4.39 Å². The number of piperazine rings is 1. The van der Waals surface area contributed by atoms with Gasteiger partial charge in [0.1, 0.15) is 5.82 Å². The summed E-state index contributed by atoms with van der Waals surface area (Å²) in [7, 11) is 0. The fraction of sp³-hybridized carbons (Fsp3) is 0.538. The zero-order valence-electron chi connectivity index (χ0n) is 18.4. The lowest BCUT2D eigenvalue weighted by Crippen LogP contribution is -2.48. The molecule has 2 aliphatic rings. The molecule has 2 aromatic carbocycles. The lowest BCUT2D eigenvalue weighted by atomic mass is 9.95. The van der Waals surface area contributed by atoms with Crippen LogP contribution in [-0.4, -0.2) is 67.1 Å². The Bertz CT molecular complexity index is 760. The molecule has 0 radical (unpaired) electrons. The Labute approximate surface area is 181 Å². The molecule has 162 valence electrons. The molecular formula is C26H36FN3. The van der Waals surface area contributed by atoms with E-state index in [1.54, 1.807) is 12.1 Å². The molecule has 3 nitrogen and oxygen atoms in total. The highest BCUT2D eigenvalue weighted by Crippen LogP contribution is 2.30. The Morgan fingerprint density at radius 3 is 1.83 bits per heavy atom. The van der Waals surface area contributed by atoms with Crippen molar-refractivity contribution < 1.29 is 4.39 Å². The second-order valence-electron chi connectivity index (χ2n) is 8.83. The summed E-state index contributed by atoms with van der Waals surface area (Å²) in [5, 5.41) is 0. The van der Waals surface area contributed by atoms with Gasteiger partial charge in [0.15, 0.2) is 0 Å². The Hall–Kier alpha value is -1.75. The average molecular weight is 410 g/mol. The fourth-order valence-electron chi connectivity index (χ4n) is 4.96. The van der Waals surface area contributed by atoms with Gasteiger partial charge in [-0.15, -0.1) is 0 Å². The van der Waals surface area contributed by atoms with E-state index in [4.69, 9.17) is 0 Å². The standard InChI is InChI=1S/C26H36FN3/c1-2-22-6-8-23(9-7-22)26(24-10-12-25(27)13-11-24)30-20-18-29(19-21-30)17-5-16-28-14-3-4-15-28/h6-13,26H,2-5,14-21H2,1H3. The van der Waals surface area contributed by atoms with E-state index in [1.165, 1.54) is 62.1 Å². The van der Waals surface area contributed by atoms with E-state index in [2.05, 4.69) is 45.9 Å². The normalized spacial score (nSPS) is 19.9. The van der Waals surface area contributed by atoms with Gasteiger partial charge < -0.3 is 9.80 Å². The molecule has 0 amide bonds. The van der Waals surface area contributed by atoms with Gasteiger partial charge in [0.25, 0.3) is 0 Å². The van der Waals surface area contributed by atoms with Crippen LogP contribution in [0.25, 0.3) is 0 Å². The average Bonchev–Trinajstić information content (AvgIpc) is 3.30. The third kappa shape index (κ3) is 5.48. The second-order valence-corrected chi connectivity index (χ2v) is 8.83. The Kier molecular flexibility index (Phi) is 7.53. The number of hydrogen-bond acceptors (Lipinski definition) is 3. The van der Waals surface area contributed by atoms with Crippen LogP contribution in [0, 0.1) is 5.82 Å². The quantitative estimate of drug-likeness (QED) is 0.632. The number of benzene rings is 2. The van der Waals surface area contributed by atoms with Gasteiger partial charge in [0.05, 0.1) is 6.04 Å². The monoisotopic (exact) mass is 409 g/mol. The summed E-state index contributed by atoms with van der Waals surface area (Å²) >= 11 is 0. The summed E-state index contributed by atoms with van der Waals surface area (Å²) in [5.74, 6) is -0.165. The molecule has 1 unspecified atom stereocenters. The predicted molar refractivity (Wildman–Crippen MR) is 122 cm³/mol. The van der Waals surface area contributed by atoms with Gasteiger partial charge in [-0.1, -0.05) is 43.3 Å². The van der Waals surface area contributed by atoms with Gasteiger partial charge in [-0.05, 0) is 80.7 Å². The molecule has 2 saturated heterocycles. The number of likely N-dealkylation sites (tertiary alicyclic amines) is 1. The maximum absolute atomic E-state index is 13.6. The van der Waals surface area contributed by atoms with Crippen molar-refractivity contribution in [2.45, 2.75) is 38.6 Å². The van der Waals surface area contributed by atoms with Gasteiger partial charge in [-0.25, -0.2) is 4.39 Å². The van der Waals surface area contributed by atoms with E-state index in [-0.39, 0.29) is 11.9 Å². The zero-order valence-corrected chi connectivity index (χ0v) is 18.4. The first-order valence-corrected chi connectivity index (χ1v) is 11.8. The number of rotatable bonds is 8. The van der Waals surface area contributed by atoms with E-state index >= 15 is 0 Å². The van der Waals surface area contributed by atoms with E-state index < -0.39 is 0 Å². The van der Waals surface area contributed by atoms with Gasteiger partial charge in [0, 0.05) is 26.2 Å². The molecule has 0 spiro atoms. The fourth-order valence-corrected chi connectivity index (χ4v) is 4.96. The van der Waals surface area contributed by atoms with E-state index in [0.717, 1.165) is 32.6 Å². The van der Waals surface area contributed by atoms with Crippen LogP contribution in [0.2, 0.25) is 0 Å². The van der Waals surface area contributed by atoms with Crippen molar-refractivity contribution in [1.29, 1.82) is 0 Å². The summed E-state index contributed by atoms with van der Waals surface area (Å²) in [6, 6.07) is 16.3. The first kappa shape index (κ1) is 21.5. The summed E-state index contributed by atoms with van der Waals surface area (Å²) < 4.78 is 13.6. The van der Waals surface area contributed by atoms with E-state index in [0.29, 0.717) is 0 Å². The van der Waals surface area contributed by atoms with E-state index in [1.807, 2.05) is 12.1 Å². The molecule has 0 aromatic heterocycles. The first-order chi connectivity index (χ1) is 14.7. The summed E-state index contributed by atoms with van der Waals surface area (Å²) in [5.41, 5.74) is 3.85. The highest BCUT2D eigenvalue weighted by Gasteiger charge is 2.26. The molecule has 30 heavy (non-hydrogen) atoms. The largest absolute Gasteiger partial charge is 0.303 e. The Morgan fingerprint density at radius 1 is 0.733 bits per heavy atom. The van der Waals surface area contributed by atoms with Crippen LogP contribution in [0.5, 0.6) is 0 Å². The lowest BCUT2D eigenvalue weighted by Gasteiger charge is -2.40. The molecule has 0 aliphatic carbocycles. The molecule has 0 bridgehead atoms. The van der Waals surface area contributed by atoms with Gasteiger partial charge >= 0.3 is 0 Å². The third-order valence-electron chi connectivity index (χ3n) is 6.81. The molecule has 4 heteroatoms. The summed E-state index contributed by atoms with van der Waals surface area (Å²) in [4.78, 5) is 7.81. The van der Waals surface area contributed by atoms with Crippen molar-refractivity contribution >= 4 is 0 Å². The predicted octanol–water partition coefficient (Wildman–Crippen LogP) is 4.58. The maximum Gasteiger partial charge on any atom is 0.123 e. The molecule has 0 saturated carbocycles. The highest BCUT2D eigenvalue weighted by atomic mass is 19.1. The summed E-state index contributed by atoms with van der Waals surface area (Å²) in [6.45, 7) is 11.6. The van der Waals surface area contributed by atoms with Crippen molar-refractivity contribution in [3.63, 3.8) is 0 Å². The number of hydrogen-bond donors (Lipinski definition) is 0. The van der Waals surface area contributed by atoms with Crippen LogP contribution < -0.4 is 0 Å². The van der Waals surface area contributed by atoms with Crippen molar-refractivity contribution in [3.05, 3.63) is 71.0 Å². The van der Waals surface area contributed by atoms with Crippen LogP contribution in [0.15, 0.2) is 48.5 Å². The SMILES string of the molecule is CCc1ccc(C(c2ccc(F)cc2)N2CCN(CCCN3CCCC3)CC2)cc1. The van der Waals surface area contributed by atoms with E-state index in [9.17, 15) is 4.39 Å². The molecular weight excluding hydrogens is 373 g/mol. The molecule has 0 N–H and O–H groups in total. The Morgan fingerprint density at radius 2 is 1.27 bits per heavy atom. The molecule has 2 heterocycles. The minimum Gasteiger partial charge on any atom is -0.303 e. The number of aryl methyl sites for hydroxylation is 1. The Balaban J connectivity index is 1.39. The van der Waals surface area contributed by atoms with Gasteiger partial charge in [-0.3, -0.25) is 4.90 Å². The van der Waals surface area contributed by atoms with Crippen LogP contribution >= 0.6 is 0 Å². The topological polar surface area (TPSA) is 9.72 Å². The molecule has 2 fully saturated rings. The summed E-state index contributed by atoms with van der Waals surface area (Å²) in [6.07, 6.45) is 5.09. The smallest absolute Gasteiger partial charge is 0.123 e. The van der Waals surface area contributed by atoms with Crippen molar-refractivity contribution in [2.24, 2.45) is 0 Å². The van der Waals surface area contributed by atoms with Gasteiger partial charge in [-0.2, -0.15) is 0 Å². The van der Waals surface area contributed by atoms with Crippen LogP contribution in [0.3, 0.4) is 0 Å². The van der Waals surface area contributed by atoms with Crippen molar-refractivity contribution in [1.82, 2.24) is 14.7 Å².